The third-order valence-corrected chi connectivity index (χ3v) is 3.47. The Morgan fingerprint density at radius 3 is 1.82 bits per heavy atom. The fourth-order valence-electron chi connectivity index (χ4n) is 2.26. The third-order valence-electron chi connectivity index (χ3n) is 3.47. The normalized spacial score (nSPS) is 15.1. The van der Waals surface area contributed by atoms with Gasteiger partial charge in [0.2, 0.25) is 0 Å². The lowest BCUT2D eigenvalue weighted by Gasteiger charge is -2.24. The molecule has 2 nitrogen and oxygen atoms in total. The van der Waals surface area contributed by atoms with Crippen molar-refractivity contribution >= 4 is 11.6 Å². The molecule has 0 aliphatic heterocycles. The molecule has 0 aromatic rings. The van der Waals surface area contributed by atoms with Gasteiger partial charge < -0.3 is 0 Å². The predicted molar refractivity (Wildman–Crippen MR) is 71.9 cm³/mol. The van der Waals surface area contributed by atoms with Gasteiger partial charge in [-0.1, -0.05) is 41.0 Å². The van der Waals surface area contributed by atoms with Crippen molar-refractivity contribution in [2.75, 3.05) is 0 Å². The summed E-state index contributed by atoms with van der Waals surface area (Å²) in [4.78, 5) is 23.8. The molecule has 2 unspecified atom stereocenters. The molecule has 2 heteroatoms. The van der Waals surface area contributed by atoms with E-state index in [4.69, 9.17) is 0 Å². The van der Waals surface area contributed by atoms with Crippen LogP contribution in [-0.2, 0) is 9.59 Å². The summed E-state index contributed by atoms with van der Waals surface area (Å²) < 4.78 is 0. The number of hydrogen-bond donors (Lipinski definition) is 0. The van der Waals surface area contributed by atoms with Crippen molar-refractivity contribution < 1.29 is 9.59 Å². The maximum Gasteiger partial charge on any atom is 0.146 e. The largest absolute Gasteiger partial charge is 0.299 e. The van der Waals surface area contributed by atoms with Crippen LogP contribution in [0.2, 0.25) is 0 Å². The predicted octanol–water partition coefficient (Wildman–Crippen LogP) is 3.88. The zero-order valence-electron chi connectivity index (χ0n) is 12.2. The standard InChI is InChI=1S/C15H28O2/c1-7-13(12(6)16)15(17)14(11(4)5)9-8-10(2)3/h10-11,13-14H,7-9H2,1-6H3. The van der Waals surface area contributed by atoms with Crippen LogP contribution in [0.5, 0.6) is 0 Å². The Labute approximate surface area is 106 Å². The van der Waals surface area contributed by atoms with E-state index in [2.05, 4.69) is 27.7 Å². The van der Waals surface area contributed by atoms with Gasteiger partial charge >= 0.3 is 0 Å². The molecule has 0 aromatic carbocycles. The Morgan fingerprint density at radius 2 is 1.53 bits per heavy atom. The van der Waals surface area contributed by atoms with E-state index in [1.54, 1.807) is 0 Å². The number of Topliss-reactive ketones (excluding diaryl/α,β-unsaturated/α-hetero) is 2. The van der Waals surface area contributed by atoms with E-state index in [1.807, 2.05) is 6.92 Å². The molecule has 100 valence electrons. The molecule has 17 heavy (non-hydrogen) atoms. The Hall–Kier alpha value is -0.660. The summed E-state index contributed by atoms with van der Waals surface area (Å²) in [5.74, 6) is 0.792. The minimum atomic E-state index is -0.380. The second kappa shape index (κ2) is 7.62. The summed E-state index contributed by atoms with van der Waals surface area (Å²) in [6, 6.07) is 0. The number of carbonyl (C=O) groups excluding carboxylic acids is 2. The summed E-state index contributed by atoms with van der Waals surface area (Å²) in [5, 5.41) is 0. The van der Waals surface area contributed by atoms with Crippen molar-refractivity contribution in [2.24, 2.45) is 23.7 Å². The van der Waals surface area contributed by atoms with Crippen molar-refractivity contribution in [2.45, 2.75) is 60.8 Å². The molecule has 0 aromatic heterocycles. The second-order valence-electron chi connectivity index (χ2n) is 5.80. The molecule has 0 amide bonds. The highest BCUT2D eigenvalue weighted by Gasteiger charge is 2.30. The van der Waals surface area contributed by atoms with Crippen LogP contribution in [-0.4, -0.2) is 11.6 Å². The number of hydrogen-bond acceptors (Lipinski definition) is 2. The maximum atomic E-state index is 12.3. The van der Waals surface area contributed by atoms with Gasteiger partial charge in [0.1, 0.15) is 11.6 Å². The first-order valence-electron chi connectivity index (χ1n) is 6.85. The fourth-order valence-corrected chi connectivity index (χ4v) is 2.26. The van der Waals surface area contributed by atoms with Crippen molar-refractivity contribution in [1.29, 1.82) is 0 Å². The molecular formula is C15H28O2. The fraction of sp³-hybridized carbons (Fsp3) is 0.867. The van der Waals surface area contributed by atoms with Crippen molar-refractivity contribution in [3.63, 3.8) is 0 Å². The zero-order valence-corrected chi connectivity index (χ0v) is 12.2. The number of rotatable bonds is 8. The van der Waals surface area contributed by atoms with Crippen LogP contribution in [0.4, 0.5) is 0 Å². The molecule has 0 bridgehead atoms. The SMILES string of the molecule is CCC(C(C)=O)C(=O)C(CCC(C)C)C(C)C. The molecule has 0 spiro atoms. The third kappa shape index (κ3) is 5.47. The monoisotopic (exact) mass is 240 g/mol. The summed E-state index contributed by atoms with van der Waals surface area (Å²) in [6.45, 7) is 12.0. The highest BCUT2D eigenvalue weighted by Crippen LogP contribution is 2.25. The molecule has 0 saturated heterocycles. The molecular weight excluding hydrogens is 212 g/mol. The first-order chi connectivity index (χ1) is 7.81. The molecule has 0 saturated carbocycles. The van der Waals surface area contributed by atoms with Crippen molar-refractivity contribution in [3.05, 3.63) is 0 Å². The summed E-state index contributed by atoms with van der Waals surface area (Å²) in [6.07, 6.45) is 2.61. The average Bonchev–Trinajstić information content (AvgIpc) is 2.17. The number of carbonyl (C=O) groups is 2. The van der Waals surface area contributed by atoms with Crippen LogP contribution in [0.25, 0.3) is 0 Å². The highest BCUT2D eigenvalue weighted by molar-refractivity contribution is 6.02. The van der Waals surface area contributed by atoms with Gasteiger partial charge in [0.15, 0.2) is 0 Å². The van der Waals surface area contributed by atoms with Crippen molar-refractivity contribution in [3.8, 4) is 0 Å². The molecule has 0 radical (unpaired) electrons. The molecule has 2 atom stereocenters. The van der Waals surface area contributed by atoms with E-state index in [0.29, 0.717) is 18.3 Å². The van der Waals surface area contributed by atoms with Gasteiger partial charge in [-0.05, 0) is 31.6 Å². The van der Waals surface area contributed by atoms with Gasteiger partial charge in [-0.3, -0.25) is 9.59 Å². The molecule has 0 N–H and O–H groups in total. The van der Waals surface area contributed by atoms with Crippen LogP contribution in [0, 0.1) is 23.7 Å². The van der Waals surface area contributed by atoms with Gasteiger partial charge in [0.05, 0.1) is 5.92 Å². The Morgan fingerprint density at radius 1 is 1.00 bits per heavy atom. The maximum absolute atomic E-state index is 12.3. The lowest BCUT2D eigenvalue weighted by molar-refractivity contribution is -0.135. The summed E-state index contributed by atoms with van der Waals surface area (Å²) in [5.41, 5.74) is 0. The average molecular weight is 240 g/mol. The molecule has 0 aliphatic rings. The van der Waals surface area contributed by atoms with E-state index < -0.39 is 0 Å². The van der Waals surface area contributed by atoms with E-state index in [0.717, 1.165) is 12.8 Å². The van der Waals surface area contributed by atoms with E-state index in [1.165, 1.54) is 6.92 Å². The lowest BCUT2D eigenvalue weighted by atomic mass is 9.79. The Kier molecular flexibility index (Phi) is 7.33. The molecule has 0 heterocycles. The smallest absolute Gasteiger partial charge is 0.146 e. The van der Waals surface area contributed by atoms with Gasteiger partial charge in [0.25, 0.3) is 0 Å². The minimum Gasteiger partial charge on any atom is -0.299 e. The van der Waals surface area contributed by atoms with E-state index in [9.17, 15) is 9.59 Å². The van der Waals surface area contributed by atoms with Gasteiger partial charge in [0, 0.05) is 5.92 Å². The van der Waals surface area contributed by atoms with Crippen LogP contribution in [0.15, 0.2) is 0 Å². The number of ketones is 2. The first-order valence-corrected chi connectivity index (χ1v) is 6.85. The van der Waals surface area contributed by atoms with Gasteiger partial charge in [-0.2, -0.15) is 0 Å². The first kappa shape index (κ1) is 16.3. The van der Waals surface area contributed by atoms with Gasteiger partial charge in [-0.25, -0.2) is 0 Å². The lowest BCUT2D eigenvalue weighted by Crippen LogP contribution is -2.31. The Bertz CT molecular complexity index is 254. The molecule has 0 fully saturated rings. The van der Waals surface area contributed by atoms with E-state index >= 15 is 0 Å². The Balaban J connectivity index is 4.69. The van der Waals surface area contributed by atoms with Crippen LogP contribution in [0.3, 0.4) is 0 Å². The second-order valence-corrected chi connectivity index (χ2v) is 5.80. The summed E-state index contributed by atoms with van der Waals surface area (Å²) >= 11 is 0. The van der Waals surface area contributed by atoms with Gasteiger partial charge in [-0.15, -0.1) is 0 Å². The van der Waals surface area contributed by atoms with Crippen molar-refractivity contribution in [1.82, 2.24) is 0 Å². The molecule has 0 aliphatic carbocycles. The minimum absolute atomic E-state index is 0.0210. The topological polar surface area (TPSA) is 34.1 Å². The zero-order chi connectivity index (χ0) is 13.6. The van der Waals surface area contributed by atoms with E-state index in [-0.39, 0.29) is 23.4 Å². The van der Waals surface area contributed by atoms with Crippen LogP contribution >= 0.6 is 0 Å². The highest BCUT2D eigenvalue weighted by atomic mass is 16.1. The molecule has 0 rings (SSSR count). The quantitative estimate of drug-likeness (QED) is 0.603. The summed E-state index contributed by atoms with van der Waals surface area (Å²) in [7, 11) is 0. The van der Waals surface area contributed by atoms with Crippen LogP contribution < -0.4 is 0 Å². The van der Waals surface area contributed by atoms with Crippen LogP contribution in [0.1, 0.15) is 60.8 Å².